The minimum absolute atomic E-state index is 0.0902. The fraction of sp³-hybridized carbons (Fsp3) is 0.240. The highest BCUT2D eigenvalue weighted by atomic mass is 32.1. The van der Waals surface area contributed by atoms with E-state index in [4.69, 9.17) is 10.1 Å². The van der Waals surface area contributed by atoms with Crippen LogP contribution < -0.4 is 4.90 Å². The summed E-state index contributed by atoms with van der Waals surface area (Å²) < 4.78 is 5.41. The third kappa shape index (κ3) is 4.29. The summed E-state index contributed by atoms with van der Waals surface area (Å²) in [5.74, 6) is -0.154. The van der Waals surface area contributed by atoms with Gasteiger partial charge in [0.05, 0.1) is 29.5 Å². The summed E-state index contributed by atoms with van der Waals surface area (Å²) in [6.07, 6.45) is 0.572. The zero-order valence-corrected chi connectivity index (χ0v) is 19.1. The predicted molar refractivity (Wildman–Crippen MR) is 129 cm³/mol. The van der Waals surface area contributed by atoms with Gasteiger partial charge < -0.3 is 14.7 Å². The second-order valence-electron chi connectivity index (χ2n) is 7.83. The molecule has 0 amide bonds. The van der Waals surface area contributed by atoms with Crippen molar-refractivity contribution < 1.29 is 14.6 Å². The average Bonchev–Trinajstić information content (AvgIpc) is 3.38. The van der Waals surface area contributed by atoms with Crippen molar-refractivity contribution >= 4 is 34.4 Å². The van der Waals surface area contributed by atoms with Crippen molar-refractivity contribution in [2.75, 3.05) is 11.4 Å². The third-order valence-electron chi connectivity index (χ3n) is 5.45. The molecule has 1 aliphatic heterocycles. The fourth-order valence-corrected chi connectivity index (χ4v) is 4.30. The molecular weight excluding hydrogens is 422 g/mol. The standard InChI is InChI=1S/C25H25N3O3S/c1-4-16(3)31-25(30)18-6-5-7-19(12-18)28-13-21(29)22(23(28)26)24-27-20(14-32-24)17-10-8-15(2)9-11-17/h5-12,14,16,26,29H,4,13H2,1-3H3. The largest absolute Gasteiger partial charge is 0.510 e. The van der Waals surface area contributed by atoms with Crippen molar-refractivity contribution in [2.24, 2.45) is 0 Å². The molecule has 0 aliphatic carbocycles. The van der Waals surface area contributed by atoms with Gasteiger partial charge in [0.15, 0.2) is 0 Å². The number of nitrogens with zero attached hydrogens (tertiary/aromatic N) is 2. The average molecular weight is 448 g/mol. The van der Waals surface area contributed by atoms with Crippen molar-refractivity contribution in [1.82, 2.24) is 4.98 Å². The summed E-state index contributed by atoms with van der Waals surface area (Å²) in [4.78, 5) is 18.7. The molecule has 0 spiro atoms. The summed E-state index contributed by atoms with van der Waals surface area (Å²) in [6, 6.07) is 15.0. The second-order valence-corrected chi connectivity index (χ2v) is 8.69. The number of carbonyl (C=O) groups is 1. The summed E-state index contributed by atoms with van der Waals surface area (Å²) in [7, 11) is 0. The second kappa shape index (κ2) is 8.96. The van der Waals surface area contributed by atoms with E-state index in [-0.39, 0.29) is 24.2 Å². The first-order chi connectivity index (χ1) is 15.4. The monoisotopic (exact) mass is 447 g/mol. The van der Waals surface area contributed by atoms with E-state index < -0.39 is 5.97 Å². The van der Waals surface area contributed by atoms with Gasteiger partial charge in [-0.05, 0) is 38.5 Å². The quantitative estimate of drug-likeness (QED) is 0.464. The van der Waals surface area contributed by atoms with Crippen molar-refractivity contribution in [2.45, 2.75) is 33.3 Å². The number of aromatic nitrogens is 1. The highest BCUT2D eigenvalue weighted by Gasteiger charge is 2.31. The molecule has 1 unspecified atom stereocenters. The molecule has 0 saturated heterocycles. The molecule has 1 aliphatic rings. The number of anilines is 1. The molecule has 0 radical (unpaired) electrons. The van der Waals surface area contributed by atoms with Gasteiger partial charge >= 0.3 is 5.97 Å². The van der Waals surface area contributed by atoms with Crippen LogP contribution in [0.5, 0.6) is 0 Å². The molecule has 4 rings (SSSR count). The zero-order valence-electron chi connectivity index (χ0n) is 18.3. The Morgan fingerprint density at radius 2 is 2.03 bits per heavy atom. The van der Waals surface area contributed by atoms with Crippen LogP contribution in [0, 0.1) is 12.3 Å². The van der Waals surface area contributed by atoms with Gasteiger partial charge in [-0.2, -0.15) is 0 Å². The molecule has 0 fully saturated rings. The zero-order chi connectivity index (χ0) is 22.8. The van der Waals surface area contributed by atoms with Crippen LogP contribution in [0.2, 0.25) is 0 Å². The Morgan fingerprint density at radius 1 is 1.28 bits per heavy atom. The van der Waals surface area contributed by atoms with Crippen molar-refractivity contribution in [1.29, 1.82) is 5.41 Å². The van der Waals surface area contributed by atoms with Gasteiger partial charge in [0, 0.05) is 16.6 Å². The number of hydrogen-bond donors (Lipinski definition) is 2. The molecule has 32 heavy (non-hydrogen) atoms. The SMILES string of the molecule is CCC(C)OC(=O)c1cccc(N2CC(O)=C(c3nc(-c4ccc(C)cc4)cs3)C2=N)c1. The van der Waals surface area contributed by atoms with Crippen molar-refractivity contribution in [3.05, 3.63) is 75.8 Å². The van der Waals surface area contributed by atoms with Crippen LogP contribution in [0.1, 0.15) is 41.2 Å². The van der Waals surface area contributed by atoms with Crippen molar-refractivity contribution in [3.63, 3.8) is 0 Å². The van der Waals surface area contributed by atoms with Crippen LogP contribution in [0.4, 0.5) is 5.69 Å². The van der Waals surface area contributed by atoms with E-state index in [0.29, 0.717) is 21.8 Å². The maximum atomic E-state index is 12.4. The normalized spacial score (nSPS) is 14.7. The predicted octanol–water partition coefficient (Wildman–Crippen LogP) is 5.84. The lowest BCUT2D eigenvalue weighted by Crippen LogP contribution is -2.26. The maximum Gasteiger partial charge on any atom is 0.338 e. The van der Waals surface area contributed by atoms with E-state index in [1.54, 1.807) is 23.1 Å². The number of ether oxygens (including phenoxy) is 1. The lowest BCUT2D eigenvalue weighted by atomic mass is 10.1. The molecule has 2 aromatic carbocycles. The van der Waals surface area contributed by atoms with Gasteiger partial charge in [-0.3, -0.25) is 5.41 Å². The molecule has 6 nitrogen and oxygen atoms in total. The van der Waals surface area contributed by atoms with Gasteiger partial charge in [0.25, 0.3) is 0 Å². The Kier molecular flexibility index (Phi) is 6.10. The van der Waals surface area contributed by atoms with Crippen LogP contribution in [-0.2, 0) is 4.74 Å². The van der Waals surface area contributed by atoms with E-state index >= 15 is 0 Å². The van der Waals surface area contributed by atoms with Gasteiger partial charge in [-0.1, -0.05) is 42.8 Å². The number of esters is 1. The first-order valence-electron chi connectivity index (χ1n) is 10.5. The molecule has 0 bridgehead atoms. The number of amidine groups is 1. The first kappa shape index (κ1) is 21.8. The van der Waals surface area contributed by atoms with E-state index in [0.717, 1.165) is 17.7 Å². The highest BCUT2D eigenvalue weighted by molar-refractivity contribution is 7.11. The minimum Gasteiger partial charge on any atom is -0.510 e. The number of benzene rings is 2. The number of carbonyl (C=O) groups excluding carboxylic acids is 1. The van der Waals surface area contributed by atoms with E-state index in [1.165, 1.54) is 16.9 Å². The Labute approximate surface area is 191 Å². The molecule has 2 N–H and O–H groups in total. The lowest BCUT2D eigenvalue weighted by Gasteiger charge is -2.19. The fourth-order valence-electron chi connectivity index (χ4n) is 3.40. The Bertz CT molecular complexity index is 1200. The maximum absolute atomic E-state index is 12.4. The summed E-state index contributed by atoms with van der Waals surface area (Å²) in [6.45, 7) is 5.99. The van der Waals surface area contributed by atoms with Gasteiger partial charge in [0.1, 0.15) is 16.6 Å². The number of thiazole rings is 1. The molecule has 164 valence electrons. The molecule has 3 aromatic rings. The lowest BCUT2D eigenvalue weighted by molar-refractivity contribution is 0.0334. The number of nitrogens with one attached hydrogen (secondary N) is 1. The topological polar surface area (TPSA) is 86.5 Å². The Morgan fingerprint density at radius 3 is 2.75 bits per heavy atom. The van der Waals surface area contributed by atoms with Crippen LogP contribution in [0.3, 0.4) is 0 Å². The van der Waals surface area contributed by atoms with Gasteiger partial charge in [0.2, 0.25) is 0 Å². The van der Waals surface area contributed by atoms with E-state index in [2.05, 4.69) is 4.98 Å². The number of aryl methyl sites for hydroxylation is 1. The van der Waals surface area contributed by atoms with Crippen LogP contribution in [0.25, 0.3) is 16.8 Å². The first-order valence-corrected chi connectivity index (χ1v) is 11.4. The summed E-state index contributed by atoms with van der Waals surface area (Å²) >= 11 is 1.40. The molecule has 1 atom stereocenters. The molecular formula is C25H25N3O3S. The van der Waals surface area contributed by atoms with Crippen LogP contribution in [0.15, 0.2) is 59.7 Å². The number of aliphatic hydroxyl groups is 1. The Hall–Kier alpha value is -3.45. The van der Waals surface area contributed by atoms with Crippen LogP contribution in [-0.4, -0.2) is 34.5 Å². The minimum atomic E-state index is -0.396. The van der Waals surface area contributed by atoms with E-state index in [1.807, 2.05) is 56.5 Å². The van der Waals surface area contributed by atoms with Crippen LogP contribution >= 0.6 is 11.3 Å². The third-order valence-corrected chi connectivity index (χ3v) is 6.31. The molecule has 1 aromatic heterocycles. The van der Waals surface area contributed by atoms with Gasteiger partial charge in [-0.25, -0.2) is 9.78 Å². The van der Waals surface area contributed by atoms with E-state index in [9.17, 15) is 9.90 Å². The molecule has 2 heterocycles. The molecule has 7 heteroatoms. The number of rotatable bonds is 6. The molecule has 0 saturated carbocycles. The highest BCUT2D eigenvalue weighted by Crippen LogP contribution is 2.34. The van der Waals surface area contributed by atoms with Gasteiger partial charge in [-0.15, -0.1) is 11.3 Å². The van der Waals surface area contributed by atoms with Crippen molar-refractivity contribution in [3.8, 4) is 11.3 Å². The summed E-state index contributed by atoms with van der Waals surface area (Å²) in [5, 5.41) is 21.9. The smallest absolute Gasteiger partial charge is 0.338 e. The number of hydrogen-bond acceptors (Lipinski definition) is 6. The Balaban J connectivity index is 1.56. The number of aliphatic hydroxyl groups excluding tert-OH is 1. The summed E-state index contributed by atoms with van der Waals surface area (Å²) in [5.41, 5.74) is 4.46.